The zero-order chi connectivity index (χ0) is 34.2. The fourth-order valence-electron chi connectivity index (χ4n) is 4.60. The Hall–Kier alpha value is -6.12. The fraction of sp³-hybridized carbons (Fsp3) is 0.212. The number of pyridine rings is 1. The van der Waals surface area contributed by atoms with Gasteiger partial charge in [0.15, 0.2) is 0 Å². The molecule has 3 heterocycles. The number of halogens is 2. The van der Waals surface area contributed by atoms with Crippen molar-refractivity contribution in [1.29, 1.82) is 0 Å². The van der Waals surface area contributed by atoms with Gasteiger partial charge in [0.2, 0.25) is 11.8 Å². The molecule has 0 saturated carbocycles. The van der Waals surface area contributed by atoms with Gasteiger partial charge in [-0.15, -0.1) is 0 Å². The van der Waals surface area contributed by atoms with E-state index >= 15 is 0 Å². The summed E-state index contributed by atoms with van der Waals surface area (Å²) in [4.78, 5) is 64.1. The van der Waals surface area contributed by atoms with E-state index in [2.05, 4.69) is 25.6 Å². The molecule has 5 rings (SSSR count). The topological polar surface area (TPSA) is 164 Å². The highest BCUT2D eigenvalue weighted by Crippen LogP contribution is 2.25. The standard InChI is InChI=1S/C33H31F2N7O6/c1-41(2)28(43)11-4-3-7-24(38-31(45)32-36-14-16-47-32)30(44)39-25-9-6-15-42(33(25)46)18-27-37-23-8-5-10-26(29(23)40-27)48-19-20-12-13-21(34)17-22(20)35/h4-6,8-17,24H,3,7,18-19H2,1-2H3,(H,37,40)(H,38,45)(H,39,44)/b11-4+/t24-/m0/s1. The van der Waals surface area contributed by atoms with Gasteiger partial charge in [-0.25, -0.2) is 18.7 Å². The van der Waals surface area contributed by atoms with Gasteiger partial charge in [0.1, 0.15) is 53.3 Å². The van der Waals surface area contributed by atoms with E-state index in [4.69, 9.17) is 9.15 Å². The summed E-state index contributed by atoms with van der Waals surface area (Å²) in [7, 11) is 3.21. The van der Waals surface area contributed by atoms with Gasteiger partial charge in [0.25, 0.3) is 11.4 Å². The summed E-state index contributed by atoms with van der Waals surface area (Å²) in [6.45, 7) is -0.156. The van der Waals surface area contributed by atoms with Crippen LogP contribution in [0.5, 0.6) is 5.75 Å². The molecule has 0 aliphatic heterocycles. The van der Waals surface area contributed by atoms with Crippen molar-refractivity contribution in [2.24, 2.45) is 0 Å². The molecule has 3 amide bonds. The SMILES string of the molecule is CN(C)C(=O)/C=C/CC[C@H](NC(=O)c1ncco1)C(=O)Nc1cccn(Cc2nc3c(OCc4ccc(F)cc4F)cccc3[nH]2)c1=O. The Morgan fingerprint density at radius 1 is 1.15 bits per heavy atom. The van der Waals surface area contributed by atoms with Crippen molar-refractivity contribution in [2.45, 2.75) is 32.0 Å². The maximum Gasteiger partial charge on any atom is 0.307 e. The third kappa shape index (κ3) is 8.17. The summed E-state index contributed by atoms with van der Waals surface area (Å²) < 4.78 is 39.5. The number of para-hydroxylation sites is 1. The van der Waals surface area contributed by atoms with Crippen LogP contribution in [-0.4, -0.2) is 62.3 Å². The minimum absolute atomic E-state index is 0.00171. The lowest BCUT2D eigenvalue weighted by Gasteiger charge is -2.17. The molecule has 3 N–H and O–H groups in total. The number of nitrogens with one attached hydrogen (secondary N) is 3. The second kappa shape index (κ2) is 15.0. The molecule has 13 nitrogen and oxygen atoms in total. The largest absolute Gasteiger partial charge is 0.486 e. The van der Waals surface area contributed by atoms with Crippen molar-refractivity contribution in [1.82, 2.24) is 29.7 Å². The summed E-state index contributed by atoms with van der Waals surface area (Å²) in [5, 5.41) is 5.15. The molecule has 0 aliphatic rings. The van der Waals surface area contributed by atoms with Crippen LogP contribution in [0.15, 0.2) is 88.6 Å². The van der Waals surface area contributed by atoms with E-state index < -0.39 is 35.0 Å². The van der Waals surface area contributed by atoms with Crippen LogP contribution in [0.2, 0.25) is 0 Å². The molecule has 3 aromatic heterocycles. The number of benzene rings is 2. The number of aromatic nitrogens is 4. The third-order valence-electron chi connectivity index (χ3n) is 7.09. The van der Waals surface area contributed by atoms with Crippen molar-refractivity contribution in [2.75, 3.05) is 19.4 Å². The number of H-pyrrole nitrogens is 1. The first kappa shape index (κ1) is 33.2. The maximum atomic E-state index is 14.1. The predicted molar refractivity (Wildman–Crippen MR) is 170 cm³/mol. The van der Waals surface area contributed by atoms with Crippen molar-refractivity contribution >= 4 is 34.4 Å². The number of fused-ring (bicyclic) bond motifs is 1. The second-order valence-electron chi connectivity index (χ2n) is 10.8. The average Bonchev–Trinajstić information content (AvgIpc) is 3.74. The van der Waals surface area contributed by atoms with Crippen LogP contribution in [0.25, 0.3) is 11.0 Å². The zero-order valence-electron chi connectivity index (χ0n) is 25.9. The van der Waals surface area contributed by atoms with Gasteiger partial charge in [-0.1, -0.05) is 12.1 Å². The number of carbonyl (C=O) groups excluding carboxylic acids is 3. The number of carbonyl (C=O) groups is 3. The summed E-state index contributed by atoms with van der Waals surface area (Å²) in [5.41, 5.74) is 0.635. The maximum absolute atomic E-state index is 14.1. The van der Waals surface area contributed by atoms with E-state index in [0.29, 0.717) is 22.6 Å². The molecule has 0 bridgehead atoms. The van der Waals surface area contributed by atoms with Crippen molar-refractivity contribution in [3.63, 3.8) is 0 Å². The molecule has 2 aromatic carbocycles. The highest BCUT2D eigenvalue weighted by atomic mass is 19.1. The van der Waals surface area contributed by atoms with E-state index in [0.717, 1.165) is 12.1 Å². The van der Waals surface area contributed by atoms with Crippen LogP contribution in [-0.2, 0) is 22.7 Å². The van der Waals surface area contributed by atoms with E-state index in [-0.39, 0.29) is 49.0 Å². The Kier molecular flexibility index (Phi) is 10.4. The summed E-state index contributed by atoms with van der Waals surface area (Å²) in [6.07, 6.45) is 7.34. The molecule has 0 aliphatic carbocycles. The van der Waals surface area contributed by atoms with Gasteiger partial charge in [-0.2, -0.15) is 0 Å². The number of allylic oxidation sites excluding steroid dienone is 1. The second-order valence-corrected chi connectivity index (χ2v) is 10.8. The number of imidazole rings is 1. The minimum Gasteiger partial charge on any atom is -0.486 e. The molecule has 5 aromatic rings. The molecular formula is C33H31F2N7O6. The highest BCUT2D eigenvalue weighted by Gasteiger charge is 2.24. The number of ether oxygens (including phenoxy) is 1. The van der Waals surface area contributed by atoms with E-state index in [9.17, 15) is 28.0 Å². The number of hydrogen-bond donors (Lipinski definition) is 3. The number of nitrogens with zero attached hydrogens (tertiary/aromatic N) is 4. The lowest BCUT2D eigenvalue weighted by Crippen LogP contribution is -2.44. The summed E-state index contributed by atoms with van der Waals surface area (Å²) in [6, 6.07) is 10.3. The first-order valence-corrected chi connectivity index (χ1v) is 14.7. The normalized spacial score (nSPS) is 11.8. The first-order valence-electron chi connectivity index (χ1n) is 14.7. The fourth-order valence-corrected chi connectivity index (χ4v) is 4.60. The monoisotopic (exact) mass is 659 g/mol. The van der Waals surface area contributed by atoms with Gasteiger partial charge in [0.05, 0.1) is 18.3 Å². The number of anilines is 1. The number of hydrogen-bond acceptors (Lipinski definition) is 8. The minimum atomic E-state index is -1.10. The molecule has 1 atom stereocenters. The van der Waals surface area contributed by atoms with E-state index in [1.807, 2.05) is 0 Å². The van der Waals surface area contributed by atoms with Crippen molar-refractivity contribution in [3.05, 3.63) is 119 Å². The number of oxazole rings is 1. The van der Waals surface area contributed by atoms with Crippen LogP contribution in [0.1, 0.15) is 34.9 Å². The van der Waals surface area contributed by atoms with Crippen LogP contribution >= 0.6 is 0 Å². The van der Waals surface area contributed by atoms with Crippen LogP contribution in [0.4, 0.5) is 14.5 Å². The molecule has 0 spiro atoms. The van der Waals surface area contributed by atoms with Gasteiger partial charge >= 0.3 is 5.91 Å². The summed E-state index contributed by atoms with van der Waals surface area (Å²) in [5.74, 6) is -2.54. The summed E-state index contributed by atoms with van der Waals surface area (Å²) >= 11 is 0. The van der Waals surface area contributed by atoms with E-state index in [1.165, 1.54) is 46.3 Å². The highest BCUT2D eigenvalue weighted by molar-refractivity contribution is 5.99. The van der Waals surface area contributed by atoms with Crippen LogP contribution in [0.3, 0.4) is 0 Å². The number of likely N-dealkylation sites (N-methyl/N-ethyl adjacent to an activating group) is 1. The third-order valence-corrected chi connectivity index (χ3v) is 7.09. The predicted octanol–water partition coefficient (Wildman–Crippen LogP) is 3.78. The Labute approximate surface area is 272 Å². The molecule has 0 saturated heterocycles. The van der Waals surface area contributed by atoms with Gasteiger partial charge in [0, 0.05) is 31.9 Å². The molecule has 0 radical (unpaired) electrons. The molecule has 0 fully saturated rings. The quantitative estimate of drug-likeness (QED) is 0.161. The Bertz CT molecular complexity index is 2020. The van der Waals surface area contributed by atoms with Gasteiger partial charge in [-0.3, -0.25) is 19.2 Å². The molecule has 15 heteroatoms. The lowest BCUT2D eigenvalue weighted by molar-refractivity contribution is -0.123. The number of amides is 3. The van der Waals surface area contributed by atoms with Gasteiger partial charge < -0.3 is 34.2 Å². The number of rotatable bonds is 13. The first-order chi connectivity index (χ1) is 23.1. The molecular weight excluding hydrogens is 628 g/mol. The van der Waals surface area contributed by atoms with Crippen molar-refractivity contribution < 1.29 is 32.3 Å². The Morgan fingerprint density at radius 2 is 1.98 bits per heavy atom. The van der Waals surface area contributed by atoms with Crippen molar-refractivity contribution in [3.8, 4) is 5.75 Å². The molecule has 0 unspecified atom stereocenters. The van der Waals surface area contributed by atoms with Crippen LogP contribution < -0.4 is 20.9 Å². The smallest absolute Gasteiger partial charge is 0.307 e. The molecule has 48 heavy (non-hydrogen) atoms. The molecule has 248 valence electrons. The number of aromatic amines is 1. The lowest BCUT2D eigenvalue weighted by atomic mass is 10.1. The Morgan fingerprint density at radius 3 is 2.73 bits per heavy atom. The van der Waals surface area contributed by atoms with E-state index in [1.54, 1.807) is 44.4 Å². The van der Waals surface area contributed by atoms with Gasteiger partial charge in [-0.05, 0) is 55.3 Å². The van der Waals surface area contributed by atoms with Crippen LogP contribution in [0, 0.1) is 11.6 Å². The zero-order valence-corrected chi connectivity index (χ0v) is 25.9. The Balaban J connectivity index is 1.29. The average molecular weight is 660 g/mol.